The molecule has 116 valence electrons. The lowest BCUT2D eigenvalue weighted by Crippen LogP contribution is -2.27. The number of rotatable bonds is 6. The van der Waals surface area contributed by atoms with E-state index in [2.05, 4.69) is 15.6 Å². The molecule has 1 heterocycles. The van der Waals surface area contributed by atoms with E-state index in [1.54, 1.807) is 37.6 Å². The number of carbonyl (C=O) groups is 1. The fraction of sp³-hybridized carbons (Fsp3) is 0.200. The third kappa shape index (κ3) is 4.87. The van der Waals surface area contributed by atoms with E-state index in [0.717, 1.165) is 5.69 Å². The minimum atomic E-state index is -0.211. The number of methoxy groups -OCH3 is 1. The highest BCUT2D eigenvalue weighted by Crippen LogP contribution is 2.25. The smallest absolute Gasteiger partial charge is 0.253 e. The van der Waals surface area contributed by atoms with Crippen LogP contribution in [-0.2, 0) is 4.74 Å². The molecule has 0 spiro atoms. The number of ether oxygens (including phenoxy) is 1. The number of benzene rings is 1. The first-order valence-corrected chi connectivity index (χ1v) is 7.29. The van der Waals surface area contributed by atoms with Crippen LogP contribution >= 0.6 is 23.2 Å². The second kappa shape index (κ2) is 7.98. The number of carbonyl (C=O) groups excluding carboxylic acids is 1. The highest BCUT2D eigenvalue weighted by Gasteiger charge is 2.07. The molecular weight excluding hydrogens is 325 g/mol. The molecule has 0 unspecified atom stereocenters. The van der Waals surface area contributed by atoms with Gasteiger partial charge in [-0.1, -0.05) is 23.2 Å². The van der Waals surface area contributed by atoms with Gasteiger partial charge in [-0.05, 0) is 24.3 Å². The molecule has 5 nitrogen and oxygen atoms in total. The van der Waals surface area contributed by atoms with Crippen LogP contribution in [-0.4, -0.2) is 31.2 Å². The summed E-state index contributed by atoms with van der Waals surface area (Å²) in [7, 11) is 1.58. The second-order valence-electron chi connectivity index (χ2n) is 4.49. The zero-order valence-electron chi connectivity index (χ0n) is 11.9. The third-order valence-corrected chi connectivity index (χ3v) is 3.18. The van der Waals surface area contributed by atoms with Crippen LogP contribution in [0.3, 0.4) is 0 Å². The maximum Gasteiger partial charge on any atom is 0.253 e. The van der Waals surface area contributed by atoms with E-state index in [9.17, 15) is 4.79 Å². The topological polar surface area (TPSA) is 63.2 Å². The molecule has 0 bridgehead atoms. The zero-order chi connectivity index (χ0) is 15.9. The van der Waals surface area contributed by atoms with Crippen molar-refractivity contribution in [2.24, 2.45) is 0 Å². The van der Waals surface area contributed by atoms with Gasteiger partial charge >= 0.3 is 0 Å². The van der Waals surface area contributed by atoms with Gasteiger partial charge in [0.1, 0.15) is 0 Å². The van der Waals surface area contributed by atoms with Gasteiger partial charge in [-0.15, -0.1) is 0 Å². The molecule has 0 saturated carbocycles. The molecule has 0 aliphatic carbocycles. The molecule has 0 atom stereocenters. The fourth-order valence-electron chi connectivity index (χ4n) is 1.79. The molecule has 1 amide bonds. The van der Waals surface area contributed by atoms with Crippen LogP contribution in [0, 0.1) is 0 Å². The Balaban J connectivity index is 2.09. The van der Waals surface area contributed by atoms with Crippen molar-refractivity contribution in [1.29, 1.82) is 0 Å². The molecular formula is C15H15Cl2N3O2. The van der Waals surface area contributed by atoms with Crippen LogP contribution in [0.1, 0.15) is 10.4 Å². The lowest BCUT2D eigenvalue weighted by molar-refractivity contribution is 0.0937. The summed E-state index contributed by atoms with van der Waals surface area (Å²) < 4.78 is 4.89. The van der Waals surface area contributed by atoms with E-state index >= 15 is 0 Å². The Labute approximate surface area is 138 Å². The standard InChI is InChI=1S/C15H15Cl2N3O2/c1-22-3-2-19-15(21)10-4-14(9-18-8-10)20-13-6-11(16)5-12(17)7-13/h4-9,20H,2-3H2,1H3,(H,19,21). The van der Waals surface area contributed by atoms with E-state index in [-0.39, 0.29) is 5.91 Å². The van der Waals surface area contributed by atoms with Crippen LogP contribution in [0.25, 0.3) is 0 Å². The normalized spacial score (nSPS) is 10.3. The number of aromatic nitrogens is 1. The average molecular weight is 340 g/mol. The number of amides is 1. The SMILES string of the molecule is COCCNC(=O)c1cncc(Nc2cc(Cl)cc(Cl)c2)c1. The number of pyridine rings is 1. The van der Waals surface area contributed by atoms with Gasteiger partial charge in [0.2, 0.25) is 0 Å². The molecule has 0 fully saturated rings. The Bertz CT molecular complexity index is 645. The van der Waals surface area contributed by atoms with Crippen molar-refractivity contribution >= 4 is 40.5 Å². The largest absolute Gasteiger partial charge is 0.383 e. The van der Waals surface area contributed by atoms with Gasteiger partial charge in [-0.2, -0.15) is 0 Å². The Morgan fingerprint density at radius 3 is 2.55 bits per heavy atom. The predicted molar refractivity (Wildman–Crippen MR) is 88.2 cm³/mol. The van der Waals surface area contributed by atoms with Gasteiger partial charge in [0, 0.05) is 35.6 Å². The molecule has 1 aromatic heterocycles. The van der Waals surface area contributed by atoms with Gasteiger partial charge in [-0.3, -0.25) is 9.78 Å². The number of anilines is 2. The zero-order valence-corrected chi connectivity index (χ0v) is 13.4. The third-order valence-electron chi connectivity index (χ3n) is 2.74. The number of hydrogen-bond donors (Lipinski definition) is 2. The lowest BCUT2D eigenvalue weighted by Gasteiger charge is -2.09. The first-order chi connectivity index (χ1) is 10.6. The minimum Gasteiger partial charge on any atom is -0.383 e. The number of hydrogen-bond acceptors (Lipinski definition) is 4. The fourth-order valence-corrected chi connectivity index (χ4v) is 2.32. The van der Waals surface area contributed by atoms with Crippen molar-refractivity contribution in [1.82, 2.24) is 10.3 Å². The summed E-state index contributed by atoms with van der Waals surface area (Å²) in [5, 5.41) is 6.90. The molecule has 2 aromatic rings. The first-order valence-electron chi connectivity index (χ1n) is 6.54. The van der Waals surface area contributed by atoms with E-state index in [0.29, 0.717) is 34.4 Å². The summed E-state index contributed by atoms with van der Waals surface area (Å²) >= 11 is 11.9. The monoisotopic (exact) mass is 339 g/mol. The molecule has 0 aliphatic heterocycles. The molecule has 0 saturated heterocycles. The van der Waals surface area contributed by atoms with E-state index < -0.39 is 0 Å². The minimum absolute atomic E-state index is 0.211. The summed E-state index contributed by atoms with van der Waals surface area (Å²) in [4.78, 5) is 16.0. The first kappa shape index (κ1) is 16.5. The highest BCUT2D eigenvalue weighted by atomic mass is 35.5. The van der Waals surface area contributed by atoms with Crippen LogP contribution in [0.5, 0.6) is 0 Å². The van der Waals surface area contributed by atoms with E-state index in [4.69, 9.17) is 27.9 Å². The Morgan fingerprint density at radius 1 is 1.14 bits per heavy atom. The maximum atomic E-state index is 12.0. The maximum absolute atomic E-state index is 12.0. The molecule has 2 N–H and O–H groups in total. The van der Waals surface area contributed by atoms with Crippen molar-refractivity contribution in [3.8, 4) is 0 Å². The van der Waals surface area contributed by atoms with Crippen LogP contribution < -0.4 is 10.6 Å². The van der Waals surface area contributed by atoms with Crippen LogP contribution in [0.2, 0.25) is 10.0 Å². The number of halogens is 2. The Kier molecular flexibility index (Phi) is 6.00. The summed E-state index contributed by atoms with van der Waals surface area (Å²) in [6.45, 7) is 0.898. The van der Waals surface area contributed by atoms with Gasteiger partial charge in [0.05, 0.1) is 24.1 Å². The number of nitrogens with zero attached hydrogens (tertiary/aromatic N) is 1. The van der Waals surface area contributed by atoms with Crippen LogP contribution in [0.4, 0.5) is 11.4 Å². The summed E-state index contributed by atoms with van der Waals surface area (Å²) in [6, 6.07) is 6.81. The Morgan fingerprint density at radius 2 is 1.86 bits per heavy atom. The van der Waals surface area contributed by atoms with Gasteiger partial charge in [0.15, 0.2) is 0 Å². The molecule has 7 heteroatoms. The van der Waals surface area contributed by atoms with Gasteiger partial charge in [-0.25, -0.2) is 0 Å². The molecule has 0 aliphatic rings. The van der Waals surface area contributed by atoms with E-state index in [1.165, 1.54) is 6.20 Å². The second-order valence-corrected chi connectivity index (χ2v) is 5.37. The lowest BCUT2D eigenvalue weighted by atomic mass is 10.2. The summed E-state index contributed by atoms with van der Waals surface area (Å²) in [5.41, 5.74) is 1.84. The quantitative estimate of drug-likeness (QED) is 0.790. The van der Waals surface area contributed by atoms with Gasteiger partial charge < -0.3 is 15.4 Å². The summed E-state index contributed by atoms with van der Waals surface area (Å²) in [6.07, 6.45) is 3.11. The van der Waals surface area contributed by atoms with Crippen molar-refractivity contribution in [3.05, 3.63) is 52.3 Å². The predicted octanol–water partition coefficient (Wildman–Crippen LogP) is 3.51. The van der Waals surface area contributed by atoms with Gasteiger partial charge in [0.25, 0.3) is 5.91 Å². The summed E-state index contributed by atoms with van der Waals surface area (Å²) in [5.74, 6) is -0.211. The number of nitrogens with one attached hydrogen (secondary N) is 2. The molecule has 1 aromatic carbocycles. The Hall–Kier alpha value is -1.82. The van der Waals surface area contributed by atoms with Crippen molar-refractivity contribution < 1.29 is 9.53 Å². The van der Waals surface area contributed by atoms with E-state index in [1.807, 2.05) is 0 Å². The average Bonchev–Trinajstić information content (AvgIpc) is 2.46. The van der Waals surface area contributed by atoms with Crippen molar-refractivity contribution in [2.45, 2.75) is 0 Å². The van der Waals surface area contributed by atoms with Crippen molar-refractivity contribution in [3.63, 3.8) is 0 Å². The molecule has 2 rings (SSSR count). The molecule has 0 radical (unpaired) electrons. The van der Waals surface area contributed by atoms with Crippen molar-refractivity contribution in [2.75, 3.05) is 25.6 Å². The molecule has 22 heavy (non-hydrogen) atoms. The van der Waals surface area contributed by atoms with Crippen LogP contribution in [0.15, 0.2) is 36.7 Å². The highest BCUT2D eigenvalue weighted by molar-refractivity contribution is 6.35.